The Kier molecular flexibility index (Phi) is 4.45. The minimum Gasteiger partial charge on any atom is -0.489 e. The highest BCUT2D eigenvalue weighted by Gasteiger charge is 2.13. The van der Waals surface area contributed by atoms with Crippen molar-refractivity contribution in [1.29, 1.82) is 0 Å². The van der Waals surface area contributed by atoms with E-state index in [1.54, 1.807) is 13.1 Å². The maximum absolute atomic E-state index is 12.5. The number of unbranched alkanes of at least 4 members (excludes halogenated alkanes) is 1. The SMILES string of the molecule is CCCCn1c(=O)c2cc(OC(C)C)cnc2n(C)c1=O. The zero-order valence-corrected chi connectivity index (χ0v) is 12.9. The van der Waals surface area contributed by atoms with Crippen molar-refractivity contribution in [1.82, 2.24) is 14.1 Å². The number of nitrogens with zero attached hydrogens (tertiary/aromatic N) is 3. The smallest absolute Gasteiger partial charge is 0.332 e. The molecule has 0 aliphatic rings. The van der Waals surface area contributed by atoms with Crippen molar-refractivity contribution in [3.63, 3.8) is 0 Å². The number of fused-ring (bicyclic) bond motifs is 1. The zero-order valence-electron chi connectivity index (χ0n) is 12.9. The zero-order chi connectivity index (χ0) is 15.6. The summed E-state index contributed by atoms with van der Waals surface area (Å²) in [5.74, 6) is 0.537. The van der Waals surface area contributed by atoms with Gasteiger partial charge in [-0.3, -0.25) is 13.9 Å². The van der Waals surface area contributed by atoms with Gasteiger partial charge in [-0.1, -0.05) is 13.3 Å². The van der Waals surface area contributed by atoms with Gasteiger partial charge < -0.3 is 4.74 Å². The standard InChI is InChI=1S/C15H21N3O3/c1-5-6-7-18-14(19)12-8-11(21-10(2)3)9-16-13(12)17(4)15(18)20/h8-10H,5-7H2,1-4H3. The van der Waals surface area contributed by atoms with Gasteiger partial charge in [0.15, 0.2) is 0 Å². The van der Waals surface area contributed by atoms with Gasteiger partial charge in [-0.15, -0.1) is 0 Å². The van der Waals surface area contributed by atoms with Crippen LogP contribution < -0.4 is 16.0 Å². The Balaban J connectivity index is 2.66. The van der Waals surface area contributed by atoms with Gasteiger partial charge >= 0.3 is 5.69 Å². The summed E-state index contributed by atoms with van der Waals surface area (Å²) in [6, 6.07) is 1.66. The molecule has 2 aromatic rings. The second kappa shape index (κ2) is 6.11. The summed E-state index contributed by atoms with van der Waals surface area (Å²) >= 11 is 0. The molecule has 21 heavy (non-hydrogen) atoms. The molecule has 0 aliphatic carbocycles. The van der Waals surface area contributed by atoms with Crippen LogP contribution in [0.1, 0.15) is 33.6 Å². The van der Waals surface area contributed by atoms with E-state index in [2.05, 4.69) is 4.98 Å². The Bertz CT molecular complexity index is 759. The van der Waals surface area contributed by atoms with Crippen molar-refractivity contribution >= 4 is 11.0 Å². The van der Waals surface area contributed by atoms with Crippen LogP contribution in [0.3, 0.4) is 0 Å². The van der Waals surface area contributed by atoms with Crippen LogP contribution in [0.15, 0.2) is 21.9 Å². The van der Waals surface area contributed by atoms with Crippen LogP contribution in [-0.4, -0.2) is 20.2 Å². The van der Waals surface area contributed by atoms with Crippen LogP contribution in [-0.2, 0) is 13.6 Å². The Morgan fingerprint density at radius 1 is 1.33 bits per heavy atom. The fourth-order valence-corrected chi connectivity index (χ4v) is 2.22. The predicted octanol–water partition coefficient (Wildman–Crippen LogP) is 1.68. The van der Waals surface area contributed by atoms with E-state index < -0.39 is 0 Å². The number of ether oxygens (including phenoxy) is 1. The molecule has 2 rings (SSSR count). The summed E-state index contributed by atoms with van der Waals surface area (Å²) < 4.78 is 8.25. The number of aryl methyl sites for hydroxylation is 1. The fourth-order valence-electron chi connectivity index (χ4n) is 2.22. The van der Waals surface area contributed by atoms with Crippen molar-refractivity contribution in [3.05, 3.63) is 33.1 Å². The number of aromatic nitrogens is 3. The average Bonchev–Trinajstić information content (AvgIpc) is 2.44. The third-order valence-electron chi connectivity index (χ3n) is 3.26. The molecule has 6 nitrogen and oxygen atoms in total. The first kappa shape index (κ1) is 15.3. The molecule has 0 atom stereocenters. The van der Waals surface area contributed by atoms with Crippen LogP contribution in [0.4, 0.5) is 0 Å². The monoisotopic (exact) mass is 291 g/mol. The molecule has 0 aromatic carbocycles. The van der Waals surface area contributed by atoms with E-state index in [0.717, 1.165) is 12.8 Å². The lowest BCUT2D eigenvalue weighted by Crippen LogP contribution is -2.39. The Labute approximate surface area is 123 Å². The highest BCUT2D eigenvalue weighted by Crippen LogP contribution is 2.15. The average molecular weight is 291 g/mol. The third-order valence-corrected chi connectivity index (χ3v) is 3.26. The fraction of sp³-hybridized carbons (Fsp3) is 0.533. The summed E-state index contributed by atoms with van der Waals surface area (Å²) in [5, 5.41) is 0.409. The predicted molar refractivity (Wildman–Crippen MR) is 81.9 cm³/mol. The maximum Gasteiger partial charge on any atom is 0.332 e. The quantitative estimate of drug-likeness (QED) is 0.840. The molecule has 0 aliphatic heterocycles. The van der Waals surface area contributed by atoms with Crippen LogP contribution in [0.2, 0.25) is 0 Å². The normalized spacial score (nSPS) is 11.3. The van der Waals surface area contributed by atoms with Crippen LogP contribution in [0.25, 0.3) is 11.0 Å². The molecule has 0 radical (unpaired) electrons. The van der Waals surface area contributed by atoms with E-state index >= 15 is 0 Å². The van der Waals surface area contributed by atoms with Gasteiger partial charge in [0.1, 0.15) is 11.4 Å². The molecule has 6 heteroatoms. The first-order chi connectivity index (χ1) is 9.95. The van der Waals surface area contributed by atoms with Crippen LogP contribution in [0, 0.1) is 0 Å². The molecular formula is C15H21N3O3. The first-order valence-corrected chi connectivity index (χ1v) is 7.22. The summed E-state index contributed by atoms with van der Waals surface area (Å²) in [7, 11) is 1.63. The van der Waals surface area contributed by atoms with E-state index in [-0.39, 0.29) is 17.4 Å². The highest BCUT2D eigenvalue weighted by molar-refractivity contribution is 5.75. The van der Waals surface area contributed by atoms with E-state index in [1.165, 1.54) is 15.3 Å². The van der Waals surface area contributed by atoms with Crippen molar-refractivity contribution in [2.45, 2.75) is 46.3 Å². The summed E-state index contributed by atoms with van der Waals surface area (Å²) in [6.45, 7) is 6.26. The molecule has 114 valence electrons. The van der Waals surface area contributed by atoms with Gasteiger partial charge in [0, 0.05) is 13.6 Å². The molecule has 0 bridgehead atoms. The third kappa shape index (κ3) is 2.99. The number of hydrogen-bond acceptors (Lipinski definition) is 4. The second-order valence-electron chi connectivity index (χ2n) is 5.36. The van der Waals surface area contributed by atoms with Crippen LogP contribution in [0.5, 0.6) is 5.75 Å². The minimum atomic E-state index is -0.328. The van der Waals surface area contributed by atoms with Crippen molar-refractivity contribution < 1.29 is 4.74 Å². The number of rotatable bonds is 5. The summed E-state index contributed by atoms with van der Waals surface area (Å²) in [4.78, 5) is 28.9. The molecule has 0 saturated heterocycles. The van der Waals surface area contributed by atoms with Crippen LogP contribution >= 0.6 is 0 Å². The molecule has 0 amide bonds. The van der Waals surface area contributed by atoms with Gasteiger partial charge in [0.2, 0.25) is 0 Å². The number of pyridine rings is 1. The van der Waals surface area contributed by atoms with Crippen molar-refractivity contribution in [2.24, 2.45) is 7.05 Å². The second-order valence-corrected chi connectivity index (χ2v) is 5.36. The largest absolute Gasteiger partial charge is 0.489 e. The van der Waals surface area contributed by atoms with Gasteiger partial charge in [-0.2, -0.15) is 0 Å². The van der Waals surface area contributed by atoms with E-state index in [0.29, 0.717) is 23.3 Å². The van der Waals surface area contributed by atoms with Crippen molar-refractivity contribution in [2.75, 3.05) is 0 Å². The maximum atomic E-state index is 12.5. The van der Waals surface area contributed by atoms with Gasteiger partial charge in [0.25, 0.3) is 5.56 Å². The molecule has 2 aromatic heterocycles. The first-order valence-electron chi connectivity index (χ1n) is 7.22. The molecule has 0 spiro atoms. The highest BCUT2D eigenvalue weighted by atomic mass is 16.5. The van der Waals surface area contributed by atoms with Crippen molar-refractivity contribution in [3.8, 4) is 5.75 Å². The Hall–Kier alpha value is -2.11. The molecule has 0 N–H and O–H groups in total. The molecule has 2 heterocycles. The lowest BCUT2D eigenvalue weighted by atomic mass is 10.3. The lowest BCUT2D eigenvalue weighted by molar-refractivity contribution is 0.242. The van der Waals surface area contributed by atoms with E-state index in [1.807, 2.05) is 20.8 Å². The van der Waals surface area contributed by atoms with Gasteiger partial charge in [-0.25, -0.2) is 9.78 Å². The Morgan fingerprint density at radius 2 is 2.05 bits per heavy atom. The molecule has 0 fully saturated rings. The van der Waals surface area contributed by atoms with E-state index in [9.17, 15) is 9.59 Å². The van der Waals surface area contributed by atoms with Gasteiger partial charge in [-0.05, 0) is 26.3 Å². The Morgan fingerprint density at radius 3 is 2.67 bits per heavy atom. The topological polar surface area (TPSA) is 66.1 Å². The number of hydrogen-bond donors (Lipinski definition) is 0. The molecule has 0 saturated carbocycles. The lowest BCUT2D eigenvalue weighted by Gasteiger charge is -2.12. The van der Waals surface area contributed by atoms with E-state index in [4.69, 9.17) is 4.74 Å². The summed E-state index contributed by atoms with van der Waals surface area (Å²) in [6.07, 6.45) is 3.25. The summed E-state index contributed by atoms with van der Waals surface area (Å²) in [5.41, 5.74) is -0.247. The van der Waals surface area contributed by atoms with Gasteiger partial charge in [0.05, 0.1) is 17.7 Å². The minimum absolute atomic E-state index is 0.000835. The molecular weight excluding hydrogens is 270 g/mol. The molecule has 0 unspecified atom stereocenters.